The summed E-state index contributed by atoms with van der Waals surface area (Å²) in [7, 11) is 0. The van der Waals surface area contributed by atoms with E-state index in [-0.39, 0.29) is 17.8 Å². The molecule has 0 unspecified atom stereocenters. The summed E-state index contributed by atoms with van der Waals surface area (Å²) in [5.74, 6) is -2.39. The molecule has 0 bridgehead atoms. The minimum Gasteiger partial charge on any atom is -0.324 e. The molecular weight excluding hydrogens is 261 g/mol. The molecule has 2 rings (SSSR count). The minimum atomic E-state index is -4.98. The molecule has 1 aliphatic heterocycles. The Morgan fingerprint density at radius 1 is 1.37 bits per heavy atom. The third kappa shape index (κ3) is 2.54. The third-order valence-electron chi connectivity index (χ3n) is 2.82. The summed E-state index contributed by atoms with van der Waals surface area (Å²) in [4.78, 5) is 23.7. The lowest BCUT2D eigenvalue weighted by Gasteiger charge is -2.28. The van der Waals surface area contributed by atoms with Crippen molar-refractivity contribution in [1.82, 2.24) is 0 Å². The average molecular weight is 272 g/mol. The number of benzene rings is 1. The van der Waals surface area contributed by atoms with Crippen molar-refractivity contribution in [3.63, 3.8) is 0 Å². The molecule has 19 heavy (non-hydrogen) atoms. The van der Waals surface area contributed by atoms with Crippen LogP contribution in [0.15, 0.2) is 24.3 Å². The number of nitrogens with zero attached hydrogens (tertiary/aromatic N) is 1. The molecule has 0 aromatic heterocycles. The van der Waals surface area contributed by atoms with Crippen LogP contribution in [-0.2, 0) is 9.59 Å². The lowest BCUT2D eigenvalue weighted by molar-refractivity contribution is -0.170. The first kappa shape index (κ1) is 13.4. The van der Waals surface area contributed by atoms with Crippen molar-refractivity contribution in [2.24, 2.45) is 0 Å². The highest BCUT2D eigenvalue weighted by atomic mass is 19.4. The number of hydrogen-bond donors (Lipinski definition) is 1. The predicted octanol–water partition coefficient (Wildman–Crippen LogP) is 2.31. The minimum absolute atomic E-state index is 0.0585. The molecule has 0 fully saturated rings. The fourth-order valence-electron chi connectivity index (χ4n) is 2.03. The van der Waals surface area contributed by atoms with Gasteiger partial charge >= 0.3 is 12.1 Å². The van der Waals surface area contributed by atoms with Crippen molar-refractivity contribution in [1.29, 1.82) is 0 Å². The van der Waals surface area contributed by atoms with Crippen LogP contribution in [0.5, 0.6) is 0 Å². The van der Waals surface area contributed by atoms with Gasteiger partial charge in [0, 0.05) is 12.5 Å². The summed E-state index contributed by atoms with van der Waals surface area (Å²) in [5, 5.41) is 2.49. The lowest BCUT2D eigenvalue weighted by atomic mass is 10.1. The maximum absolute atomic E-state index is 12.6. The maximum Gasteiger partial charge on any atom is 0.471 e. The Bertz CT molecular complexity index is 528. The molecule has 0 saturated heterocycles. The van der Waals surface area contributed by atoms with Crippen LogP contribution in [0, 0.1) is 0 Å². The van der Waals surface area contributed by atoms with Gasteiger partial charge in [0.05, 0.1) is 11.4 Å². The number of fused-ring (bicyclic) bond motifs is 1. The monoisotopic (exact) mass is 272 g/mol. The van der Waals surface area contributed by atoms with Crippen molar-refractivity contribution < 1.29 is 22.8 Å². The Morgan fingerprint density at radius 3 is 2.63 bits per heavy atom. The van der Waals surface area contributed by atoms with Crippen molar-refractivity contribution >= 4 is 23.2 Å². The normalized spacial score (nSPS) is 19.5. The highest BCUT2D eigenvalue weighted by Gasteiger charge is 2.46. The first-order chi connectivity index (χ1) is 8.80. The first-order valence-electron chi connectivity index (χ1n) is 5.60. The van der Waals surface area contributed by atoms with Crippen LogP contribution in [0.2, 0.25) is 0 Å². The zero-order valence-electron chi connectivity index (χ0n) is 9.99. The van der Waals surface area contributed by atoms with Crippen LogP contribution in [-0.4, -0.2) is 24.0 Å². The van der Waals surface area contributed by atoms with Crippen molar-refractivity contribution in [2.45, 2.75) is 25.6 Å². The highest BCUT2D eigenvalue weighted by Crippen LogP contribution is 2.34. The van der Waals surface area contributed by atoms with Crippen LogP contribution in [0.1, 0.15) is 13.3 Å². The molecule has 0 saturated carbocycles. The van der Waals surface area contributed by atoms with Gasteiger partial charge in [0.15, 0.2) is 0 Å². The van der Waals surface area contributed by atoms with Crippen LogP contribution >= 0.6 is 0 Å². The Hall–Kier alpha value is -2.05. The Balaban J connectivity index is 2.52. The van der Waals surface area contributed by atoms with E-state index in [1.807, 2.05) is 0 Å². The van der Waals surface area contributed by atoms with E-state index in [0.29, 0.717) is 4.90 Å². The van der Waals surface area contributed by atoms with Gasteiger partial charge in [-0.1, -0.05) is 12.1 Å². The number of rotatable bonds is 0. The summed E-state index contributed by atoms with van der Waals surface area (Å²) in [6.07, 6.45) is -5.16. The summed E-state index contributed by atoms with van der Waals surface area (Å²) in [6.45, 7) is 1.41. The second-order valence-corrected chi connectivity index (χ2v) is 4.29. The van der Waals surface area contributed by atoms with Crippen LogP contribution in [0.25, 0.3) is 0 Å². The van der Waals surface area contributed by atoms with Gasteiger partial charge in [0.25, 0.3) is 0 Å². The molecule has 1 aromatic rings. The van der Waals surface area contributed by atoms with Crippen molar-refractivity contribution in [2.75, 3.05) is 10.2 Å². The van der Waals surface area contributed by atoms with Gasteiger partial charge in [-0.05, 0) is 19.1 Å². The van der Waals surface area contributed by atoms with E-state index in [0.717, 1.165) is 0 Å². The van der Waals surface area contributed by atoms with Crippen LogP contribution in [0.4, 0.5) is 24.5 Å². The quantitative estimate of drug-likeness (QED) is 0.788. The van der Waals surface area contributed by atoms with Crippen LogP contribution in [0.3, 0.4) is 0 Å². The molecule has 2 amide bonds. The summed E-state index contributed by atoms with van der Waals surface area (Å²) in [5.41, 5.74) is 0.262. The Morgan fingerprint density at radius 2 is 2.00 bits per heavy atom. The average Bonchev–Trinajstić information content (AvgIpc) is 2.41. The molecule has 1 heterocycles. The topological polar surface area (TPSA) is 49.4 Å². The number of nitrogens with one attached hydrogen (secondary N) is 1. The molecule has 0 aliphatic carbocycles. The molecule has 102 valence electrons. The molecule has 1 N–H and O–H groups in total. The largest absolute Gasteiger partial charge is 0.471 e. The number of amides is 2. The highest BCUT2D eigenvalue weighted by molar-refractivity contribution is 6.06. The Labute approximate surface area is 107 Å². The number of alkyl halides is 3. The van der Waals surface area contributed by atoms with E-state index in [2.05, 4.69) is 5.32 Å². The second kappa shape index (κ2) is 4.56. The number of halogens is 3. The standard InChI is InChI=1S/C12H11F3N2O2/c1-7-6-10(18)16-8-4-2-3-5-9(8)17(7)11(19)12(13,14)15/h2-5,7H,6H2,1H3,(H,16,18)/t7-/m0/s1. The zero-order valence-corrected chi connectivity index (χ0v) is 9.99. The van der Waals surface area contributed by atoms with E-state index in [4.69, 9.17) is 0 Å². The van der Waals surface area contributed by atoms with Gasteiger partial charge in [-0.2, -0.15) is 13.2 Å². The predicted molar refractivity (Wildman–Crippen MR) is 62.7 cm³/mol. The van der Waals surface area contributed by atoms with Gasteiger partial charge < -0.3 is 5.32 Å². The van der Waals surface area contributed by atoms with E-state index >= 15 is 0 Å². The van der Waals surface area contributed by atoms with Gasteiger partial charge in [-0.25, -0.2) is 0 Å². The lowest BCUT2D eigenvalue weighted by Crippen LogP contribution is -2.46. The number of anilines is 2. The number of carbonyl (C=O) groups excluding carboxylic acids is 2. The van der Waals surface area contributed by atoms with Crippen LogP contribution < -0.4 is 10.2 Å². The Kier molecular flexibility index (Phi) is 3.21. The number of para-hydroxylation sites is 2. The molecule has 4 nitrogen and oxygen atoms in total. The molecule has 0 radical (unpaired) electrons. The molecule has 7 heteroatoms. The summed E-state index contributed by atoms with van der Waals surface area (Å²) in [6, 6.07) is 5.06. The fraction of sp³-hybridized carbons (Fsp3) is 0.333. The SMILES string of the molecule is C[C@H]1CC(=O)Nc2ccccc2N1C(=O)C(F)(F)F. The van der Waals surface area contributed by atoms with Gasteiger partial charge in [0.1, 0.15) is 0 Å². The van der Waals surface area contributed by atoms with E-state index < -0.39 is 24.0 Å². The smallest absolute Gasteiger partial charge is 0.324 e. The molecule has 1 aliphatic rings. The van der Waals surface area contributed by atoms with E-state index in [1.165, 1.54) is 25.1 Å². The summed E-state index contributed by atoms with van der Waals surface area (Å²) >= 11 is 0. The fourth-order valence-corrected chi connectivity index (χ4v) is 2.03. The number of carbonyl (C=O) groups is 2. The summed E-state index contributed by atoms with van der Waals surface area (Å²) < 4.78 is 37.9. The maximum atomic E-state index is 12.6. The van der Waals surface area contributed by atoms with Gasteiger partial charge in [-0.15, -0.1) is 0 Å². The zero-order chi connectivity index (χ0) is 14.2. The molecule has 0 spiro atoms. The van der Waals surface area contributed by atoms with E-state index in [9.17, 15) is 22.8 Å². The van der Waals surface area contributed by atoms with Gasteiger partial charge in [0.2, 0.25) is 5.91 Å². The van der Waals surface area contributed by atoms with Gasteiger partial charge in [-0.3, -0.25) is 14.5 Å². The molecular formula is C12H11F3N2O2. The molecule has 1 atom stereocenters. The third-order valence-corrected chi connectivity index (χ3v) is 2.82. The molecule has 1 aromatic carbocycles. The van der Waals surface area contributed by atoms with Crippen molar-refractivity contribution in [3.8, 4) is 0 Å². The second-order valence-electron chi connectivity index (χ2n) is 4.29. The number of hydrogen-bond acceptors (Lipinski definition) is 2. The van der Waals surface area contributed by atoms with E-state index in [1.54, 1.807) is 6.07 Å². The first-order valence-corrected chi connectivity index (χ1v) is 5.60. The van der Waals surface area contributed by atoms with Crippen molar-refractivity contribution in [3.05, 3.63) is 24.3 Å².